The minimum absolute atomic E-state index is 0.996. The lowest BCUT2D eigenvalue weighted by Crippen LogP contribution is -1.93. The molecule has 5 heteroatoms. The van der Waals surface area contributed by atoms with Crippen LogP contribution in [0.2, 0.25) is 0 Å². The maximum absolute atomic E-state index is 4.87. The van der Waals surface area contributed by atoms with Gasteiger partial charge in [0.25, 0.3) is 0 Å². The molecule has 0 amide bonds. The van der Waals surface area contributed by atoms with Gasteiger partial charge >= 0.3 is 0 Å². The number of fused-ring (bicyclic) bond motifs is 4. The molecule has 2 aromatic heterocycles. The van der Waals surface area contributed by atoms with Crippen LogP contribution in [0, 0.1) is 0 Å². The van der Waals surface area contributed by atoms with E-state index in [9.17, 15) is 0 Å². The molecule has 0 aliphatic rings. The second-order valence-electron chi connectivity index (χ2n) is 7.14. The molecule has 144 valence electrons. The molecule has 0 spiro atoms. The molecule has 0 atom stereocenters. The van der Waals surface area contributed by atoms with Crippen LogP contribution in [0.4, 0.5) is 0 Å². The molecule has 0 saturated heterocycles. The summed E-state index contributed by atoms with van der Waals surface area (Å²) >= 11 is 8.97. The molecule has 30 heavy (non-hydrogen) atoms. The van der Waals surface area contributed by atoms with Gasteiger partial charge in [-0.05, 0) is 80.4 Å². The van der Waals surface area contributed by atoms with Crippen molar-refractivity contribution < 1.29 is 0 Å². The lowest BCUT2D eigenvalue weighted by molar-refractivity contribution is 1.18. The van der Waals surface area contributed by atoms with E-state index < -0.39 is 0 Å². The van der Waals surface area contributed by atoms with Crippen LogP contribution in [-0.4, -0.2) is 9.55 Å². The highest BCUT2D eigenvalue weighted by molar-refractivity contribution is 9.11. The van der Waals surface area contributed by atoms with Crippen LogP contribution in [-0.2, 0) is 0 Å². The molecule has 2 nitrogen and oxygen atoms in total. The van der Waals surface area contributed by atoms with Crippen molar-refractivity contribution in [3.8, 4) is 16.3 Å². The van der Waals surface area contributed by atoms with Gasteiger partial charge in [0.2, 0.25) is 0 Å². The summed E-state index contributed by atoms with van der Waals surface area (Å²) in [4.78, 5) is 4.87. The SMILES string of the molecule is Brc1ccc(Br)c2sc(-c3ccc(-n4c5ccccc5c5ccccc54)cc3)nc12. The Kier molecular flexibility index (Phi) is 4.30. The van der Waals surface area contributed by atoms with E-state index in [1.54, 1.807) is 11.3 Å². The third-order valence-corrected chi connectivity index (χ3v) is 8.10. The Balaban J connectivity index is 1.51. The summed E-state index contributed by atoms with van der Waals surface area (Å²) in [6.07, 6.45) is 0. The number of para-hydroxylation sites is 2. The first kappa shape index (κ1) is 18.3. The van der Waals surface area contributed by atoms with Crippen LogP contribution in [0.3, 0.4) is 0 Å². The molecular weight excluding hydrogens is 520 g/mol. The van der Waals surface area contributed by atoms with Crippen molar-refractivity contribution in [3.63, 3.8) is 0 Å². The Morgan fingerprint density at radius 3 is 1.90 bits per heavy atom. The largest absolute Gasteiger partial charge is 0.309 e. The number of aromatic nitrogens is 2. The van der Waals surface area contributed by atoms with Gasteiger partial charge in [-0.15, -0.1) is 11.3 Å². The standard InChI is InChI=1S/C25H14Br2N2S/c26-19-13-14-20(27)24-23(19)28-25(30-24)15-9-11-16(12-10-15)29-21-7-3-1-5-17(21)18-6-2-4-8-22(18)29/h1-14H. The highest BCUT2D eigenvalue weighted by Crippen LogP contribution is 2.38. The number of rotatable bonds is 2. The van der Waals surface area contributed by atoms with Crippen LogP contribution in [0.25, 0.3) is 48.3 Å². The van der Waals surface area contributed by atoms with E-state index in [0.29, 0.717) is 0 Å². The molecule has 4 aromatic carbocycles. The molecule has 0 N–H and O–H groups in total. The van der Waals surface area contributed by atoms with Crippen molar-refractivity contribution in [3.05, 3.63) is 93.9 Å². The number of hydrogen-bond donors (Lipinski definition) is 0. The normalized spacial score (nSPS) is 11.7. The van der Waals surface area contributed by atoms with Gasteiger partial charge in [-0.2, -0.15) is 0 Å². The smallest absolute Gasteiger partial charge is 0.124 e. The third kappa shape index (κ3) is 2.77. The van der Waals surface area contributed by atoms with Crippen LogP contribution in [0.15, 0.2) is 93.9 Å². The fraction of sp³-hybridized carbons (Fsp3) is 0. The Bertz CT molecular complexity index is 1470. The van der Waals surface area contributed by atoms with Gasteiger partial charge in [-0.25, -0.2) is 4.98 Å². The Hall–Kier alpha value is -2.47. The van der Waals surface area contributed by atoms with Gasteiger partial charge in [0, 0.05) is 31.0 Å². The van der Waals surface area contributed by atoms with E-state index in [1.807, 2.05) is 6.07 Å². The fourth-order valence-electron chi connectivity index (χ4n) is 4.02. The molecule has 0 aliphatic heterocycles. The molecule has 0 fully saturated rings. The van der Waals surface area contributed by atoms with Crippen molar-refractivity contribution in [1.82, 2.24) is 9.55 Å². The zero-order chi connectivity index (χ0) is 20.2. The molecule has 0 aliphatic carbocycles. The monoisotopic (exact) mass is 532 g/mol. The molecule has 0 saturated carbocycles. The highest BCUT2D eigenvalue weighted by atomic mass is 79.9. The van der Waals surface area contributed by atoms with E-state index in [2.05, 4.69) is 115 Å². The second-order valence-corrected chi connectivity index (χ2v) is 9.85. The second kappa shape index (κ2) is 7.05. The maximum atomic E-state index is 4.87. The van der Waals surface area contributed by atoms with E-state index in [1.165, 1.54) is 21.8 Å². The topological polar surface area (TPSA) is 17.8 Å². The maximum Gasteiger partial charge on any atom is 0.124 e. The number of thiazole rings is 1. The van der Waals surface area contributed by atoms with Crippen molar-refractivity contribution >= 4 is 75.2 Å². The molecule has 2 heterocycles. The van der Waals surface area contributed by atoms with E-state index in [-0.39, 0.29) is 0 Å². The molecule has 0 radical (unpaired) electrons. The predicted octanol–water partition coefficient (Wildman–Crippen LogP) is 8.59. The van der Waals surface area contributed by atoms with E-state index >= 15 is 0 Å². The summed E-state index contributed by atoms with van der Waals surface area (Å²) in [6.45, 7) is 0. The minimum Gasteiger partial charge on any atom is -0.309 e. The Morgan fingerprint density at radius 2 is 1.27 bits per heavy atom. The van der Waals surface area contributed by atoms with Gasteiger partial charge < -0.3 is 4.57 Å². The van der Waals surface area contributed by atoms with Crippen LogP contribution in [0.1, 0.15) is 0 Å². The molecule has 6 rings (SSSR count). The average Bonchev–Trinajstić information content (AvgIpc) is 3.38. The number of halogens is 2. The first-order valence-corrected chi connectivity index (χ1v) is 11.9. The minimum atomic E-state index is 0.996. The fourth-order valence-corrected chi connectivity index (χ4v) is 6.14. The van der Waals surface area contributed by atoms with E-state index in [4.69, 9.17) is 4.98 Å². The lowest BCUT2D eigenvalue weighted by Gasteiger charge is -2.08. The van der Waals surface area contributed by atoms with E-state index in [0.717, 1.165) is 35.4 Å². The number of benzene rings is 4. The molecule has 0 bridgehead atoms. The molecular formula is C25H14Br2N2S. The first-order valence-electron chi connectivity index (χ1n) is 9.54. The zero-order valence-corrected chi connectivity index (χ0v) is 19.6. The van der Waals surface area contributed by atoms with Crippen molar-refractivity contribution in [2.45, 2.75) is 0 Å². The van der Waals surface area contributed by atoms with Gasteiger partial charge in [0.1, 0.15) is 5.01 Å². The average molecular weight is 534 g/mol. The number of nitrogens with zero attached hydrogens (tertiary/aromatic N) is 2. The van der Waals surface area contributed by atoms with Crippen LogP contribution >= 0.6 is 43.2 Å². The van der Waals surface area contributed by atoms with Crippen LogP contribution in [0.5, 0.6) is 0 Å². The van der Waals surface area contributed by atoms with Crippen molar-refractivity contribution in [2.24, 2.45) is 0 Å². The van der Waals surface area contributed by atoms with Gasteiger partial charge in [-0.3, -0.25) is 0 Å². The summed E-state index contributed by atoms with van der Waals surface area (Å²) in [6, 6.07) is 30.0. The molecule has 0 unspecified atom stereocenters. The summed E-state index contributed by atoms with van der Waals surface area (Å²) < 4.78 is 5.59. The quantitative estimate of drug-likeness (QED) is 0.218. The Labute approximate surface area is 194 Å². The Morgan fingerprint density at radius 1 is 0.667 bits per heavy atom. The van der Waals surface area contributed by atoms with Gasteiger partial charge in [0.05, 0.1) is 21.3 Å². The van der Waals surface area contributed by atoms with Crippen LogP contribution < -0.4 is 0 Å². The summed E-state index contributed by atoms with van der Waals surface area (Å²) in [7, 11) is 0. The summed E-state index contributed by atoms with van der Waals surface area (Å²) in [5, 5.41) is 3.57. The van der Waals surface area contributed by atoms with Crippen molar-refractivity contribution in [2.75, 3.05) is 0 Å². The number of hydrogen-bond acceptors (Lipinski definition) is 2. The highest BCUT2D eigenvalue weighted by Gasteiger charge is 2.14. The van der Waals surface area contributed by atoms with Gasteiger partial charge in [0.15, 0.2) is 0 Å². The lowest BCUT2D eigenvalue weighted by atomic mass is 10.2. The zero-order valence-electron chi connectivity index (χ0n) is 15.6. The summed E-state index contributed by atoms with van der Waals surface area (Å²) in [5.74, 6) is 0. The van der Waals surface area contributed by atoms with Crippen molar-refractivity contribution in [1.29, 1.82) is 0 Å². The third-order valence-electron chi connectivity index (χ3n) is 5.40. The van der Waals surface area contributed by atoms with Gasteiger partial charge in [-0.1, -0.05) is 36.4 Å². The predicted molar refractivity (Wildman–Crippen MR) is 135 cm³/mol. The summed E-state index contributed by atoms with van der Waals surface area (Å²) in [5.41, 5.74) is 5.72. The first-order chi connectivity index (χ1) is 14.7. The molecule has 6 aromatic rings.